The Balaban J connectivity index is 2.55. The van der Waals surface area contributed by atoms with Gasteiger partial charge in [-0.25, -0.2) is 0 Å². The average Bonchev–Trinajstić information content (AvgIpc) is 2.34. The van der Waals surface area contributed by atoms with Gasteiger partial charge in [-0.2, -0.15) is 0 Å². The lowest BCUT2D eigenvalue weighted by Gasteiger charge is -2.30. The van der Waals surface area contributed by atoms with Crippen molar-refractivity contribution in [1.82, 2.24) is 5.32 Å². The van der Waals surface area contributed by atoms with Crippen LogP contribution in [0.1, 0.15) is 34.6 Å². The third-order valence-electron chi connectivity index (χ3n) is 2.87. The predicted octanol–water partition coefficient (Wildman–Crippen LogP) is 2.97. The van der Waals surface area contributed by atoms with E-state index < -0.39 is 0 Å². The smallest absolute Gasteiger partial charge is 0.0569 e. The normalized spacial score (nSPS) is 29.5. The minimum absolute atomic E-state index is 0.690. The summed E-state index contributed by atoms with van der Waals surface area (Å²) in [6.07, 6.45) is 0. The number of hydrogen-bond donors (Lipinski definition) is 1. The van der Waals surface area contributed by atoms with Gasteiger partial charge >= 0.3 is 0 Å². The van der Waals surface area contributed by atoms with E-state index in [2.05, 4.69) is 51.7 Å². The van der Waals surface area contributed by atoms with Crippen molar-refractivity contribution >= 4 is 11.8 Å². The summed E-state index contributed by atoms with van der Waals surface area (Å²) >= 11 is 2.12. The number of thioether (sulfide) groups is 1. The molecular formula is C11H23NS. The van der Waals surface area contributed by atoms with Gasteiger partial charge in [-0.05, 0) is 17.8 Å². The third kappa shape index (κ3) is 2.88. The summed E-state index contributed by atoms with van der Waals surface area (Å²) in [5.74, 6) is 2.39. The highest BCUT2D eigenvalue weighted by molar-refractivity contribution is 8.00. The largest absolute Gasteiger partial charge is 0.304 e. The summed E-state index contributed by atoms with van der Waals surface area (Å²) in [5, 5.41) is 5.12. The first-order valence-electron chi connectivity index (χ1n) is 5.41. The predicted molar refractivity (Wildman–Crippen MR) is 62.0 cm³/mol. The van der Waals surface area contributed by atoms with Gasteiger partial charge in [0.15, 0.2) is 0 Å². The molecule has 1 nitrogen and oxygen atoms in total. The number of hydrogen-bond acceptors (Lipinski definition) is 2. The zero-order valence-corrected chi connectivity index (χ0v) is 10.3. The van der Waals surface area contributed by atoms with Gasteiger partial charge in [0, 0.05) is 11.8 Å². The van der Waals surface area contributed by atoms with Crippen LogP contribution in [0.4, 0.5) is 0 Å². The molecular weight excluding hydrogens is 178 g/mol. The highest BCUT2D eigenvalue weighted by Gasteiger charge is 2.32. The lowest BCUT2D eigenvalue weighted by Crippen LogP contribution is -2.35. The van der Waals surface area contributed by atoms with Gasteiger partial charge in [-0.15, -0.1) is 11.8 Å². The van der Waals surface area contributed by atoms with Gasteiger partial charge in [0.1, 0.15) is 0 Å². The van der Waals surface area contributed by atoms with Crippen LogP contribution in [-0.4, -0.2) is 17.2 Å². The number of rotatable bonds is 3. The molecule has 1 N–H and O–H groups in total. The summed E-state index contributed by atoms with van der Waals surface area (Å²) in [4.78, 5) is 0. The van der Waals surface area contributed by atoms with Crippen LogP contribution in [0.3, 0.4) is 0 Å². The molecule has 0 aromatic carbocycles. The molecule has 0 aliphatic carbocycles. The van der Waals surface area contributed by atoms with Crippen molar-refractivity contribution < 1.29 is 0 Å². The Kier molecular flexibility index (Phi) is 4.11. The topological polar surface area (TPSA) is 12.0 Å². The Hall–Kier alpha value is 0.310. The van der Waals surface area contributed by atoms with Crippen LogP contribution < -0.4 is 5.32 Å². The Morgan fingerprint density at radius 2 is 1.69 bits per heavy atom. The van der Waals surface area contributed by atoms with E-state index >= 15 is 0 Å². The second-order valence-corrected chi connectivity index (χ2v) is 6.43. The van der Waals surface area contributed by atoms with E-state index in [1.165, 1.54) is 6.54 Å². The Morgan fingerprint density at radius 3 is 2.00 bits per heavy atom. The molecule has 2 heteroatoms. The van der Waals surface area contributed by atoms with Crippen LogP contribution in [0, 0.1) is 17.8 Å². The molecule has 78 valence electrons. The molecule has 0 radical (unpaired) electrons. The monoisotopic (exact) mass is 201 g/mol. The first kappa shape index (κ1) is 11.4. The molecule has 1 aliphatic heterocycles. The van der Waals surface area contributed by atoms with Gasteiger partial charge in [-0.3, -0.25) is 0 Å². The van der Waals surface area contributed by atoms with E-state index in [0.29, 0.717) is 5.37 Å². The molecule has 0 aromatic heterocycles. The highest BCUT2D eigenvalue weighted by atomic mass is 32.2. The van der Waals surface area contributed by atoms with Crippen LogP contribution in [0.5, 0.6) is 0 Å². The maximum atomic E-state index is 3.63. The van der Waals surface area contributed by atoms with E-state index in [-0.39, 0.29) is 0 Å². The summed E-state index contributed by atoms with van der Waals surface area (Å²) < 4.78 is 0. The summed E-state index contributed by atoms with van der Waals surface area (Å²) in [6, 6.07) is 0. The fourth-order valence-corrected chi connectivity index (χ4v) is 4.02. The fourth-order valence-electron chi connectivity index (χ4n) is 2.32. The van der Waals surface area contributed by atoms with Crippen LogP contribution in [0.15, 0.2) is 0 Å². The zero-order chi connectivity index (χ0) is 10.0. The molecule has 2 unspecified atom stereocenters. The fraction of sp³-hybridized carbons (Fsp3) is 1.00. The zero-order valence-electron chi connectivity index (χ0n) is 9.50. The molecule has 0 amide bonds. The lowest BCUT2D eigenvalue weighted by atomic mass is 9.85. The second kappa shape index (κ2) is 4.70. The summed E-state index contributed by atoms with van der Waals surface area (Å²) in [6.45, 7) is 12.9. The quantitative estimate of drug-likeness (QED) is 0.753. The molecule has 0 spiro atoms. The summed E-state index contributed by atoms with van der Waals surface area (Å²) in [5.41, 5.74) is 0. The van der Waals surface area contributed by atoms with E-state index in [4.69, 9.17) is 0 Å². The van der Waals surface area contributed by atoms with Crippen molar-refractivity contribution in [3.8, 4) is 0 Å². The molecule has 0 saturated carbocycles. The Morgan fingerprint density at radius 1 is 1.15 bits per heavy atom. The molecule has 13 heavy (non-hydrogen) atoms. The van der Waals surface area contributed by atoms with Gasteiger partial charge in [0.2, 0.25) is 0 Å². The first-order chi connectivity index (χ1) is 6.02. The van der Waals surface area contributed by atoms with Gasteiger partial charge in [0.25, 0.3) is 0 Å². The van der Waals surface area contributed by atoms with Crippen molar-refractivity contribution in [3.63, 3.8) is 0 Å². The molecule has 1 heterocycles. The Labute approximate surface area is 87.1 Å². The maximum Gasteiger partial charge on any atom is 0.0569 e. The third-order valence-corrected chi connectivity index (χ3v) is 4.28. The van der Waals surface area contributed by atoms with Crippen LogP contribution >= 0.6 is 11.8 Å². The van der Waals surface area contributed by atoms with Crippen LogP contribution in [0.25, 0.3) is 0 Å². The molecule has 1 rings (SSSR count). The van der Waals surface area contributed by atoms with E-state index in [1.807, 2.05) is 0 Å². The molecule has 1 saturated heterocycles. The van der Waals surface area contributed by atoms with E-state index in [1.54, 1.807) is 0 Å². The average molecular weight is 201 g/mol. The van der Waals surface area contributed by atoms with Gasteiger partial charge in [0.05, 0.1) is 5.37 Å². The minimum Gasteiger partial charge on any atom is -0.304 e. The van der Waals surface area contributed by atoms with Crippen molar-refractivity contribution in [2.75, 3.05) is 6.54 Å². The molecule has 0 aromatic rings. The molecule has 1 aliphatic rings. The Bertz CT molecular complexity index is 148. The highest BCUT2D eigenvalue weighted by Crippen LogP contribution is 2.35. The second-order valence-electron chi connectivity index (χ2n) is 4.84. The van der Waals surface area contributed by atoms with Gasteiger partial charge in [-0.1, -0.05) is 34.6 Å². The first-order valence-corrected chi connectivity index (χ1v) is 6.35. The van der Waals surface area contributed by atoms with E-state index in [9.17, 15) is 0 Å². The molecule has 1 fully saturated rings. The molecule has 0 bridgehead atoms. The van der Waals surface area contributed by atoms with Crippen LogP contribution in [-0.2, 0) is 0 Å². The SMILES string of the molecule is CC1CNC(C(C(C)C)C(C)C)S1. The van der Waals surface area contributed by atoms with Crippen molar-refractivity contribution in [2.45, 2.75) is 45.2 Å². The minimum atomic E-state index is 0.690. The van der Waals surface area contributed by atoms with Crippen molar-refractivity contribution in [1.29, 1.82) is 0 Å². The standard InChI is InChI=1S/C11H23NS/c1-7(2)10(8(3)4)11-12-6-9(5)13-11/h7-12H,6H2,1-5H3. The molecule has 2 atom stereocenters. The summed E-state index contributed by atoms with van der Waals surface area (Å²) in [7, 11) is 0. The van der Waals surface area contributed by atoms with Gasteiger partial charge < -0.3 is 5.32 Å². The lowest BCUT2D eigenvalue weighted by molar-refractivity contribution is 0.264. The van der Waals surface area contributed by atoms with Crippen molar-refractivity contribution in [2.24, 2.45) is 17.8 Å². The van der Waals surface area contributed by atoms with Crippen molar-refractivity contribution in [3.05, 3.63) is 0 Å². The number of nitrogens with one attached hydrogen (secondary N) is 1. The van der Waals surface area contributed by atoms with Crippen LogP contribution in [0.2, 0.25) is 0 Å². The van der Waals surface area contributed by atoms with E-state index in [0.717, 1.165) is 23.0 Å². The maximum absolute atomic E-state index is 3.63.